The zero-order chi connectivity index (χ0) is 11.7. The molecule has 0 amide bonds. The van der Waals surface area contributed by atoms with Crippen molar-refractivity contribution in [2.24, 2.45) is 0 Å². The first-order valence-corrected chi connectivity index (χ1v) is 4.39. The van der Waals surface area contributed by atoms with Crippen LogP contribution in [0.1, 0.15) is 0 Å². The highest BCUT2D eigenvalue weighted by atomic mass is 19.3. The van der Waals surface area contributed by atoms with Gasteiger partial charge in [0.15, 0.2) is 0 Å². The first kappa shape index (κ1) is 14.2. The van der Waals surface area contributed by atoms with Gasteiger partial charge in [0.1, 0.15) is 12.6 Å². The topological polar surface area (TPSA) is 67.8 Å². The SMILES string of the molecule is COCC(NCCOCC(F)F)C(=O)O. The maximum absolute atomic E-state index is 11.6. The van der Waals surface area contributed by atoms with E-state index >= 15 is 0 Å². The summed E-state index contributed by atoms with van der Waals surface area (Å²) in [4.78, 5) is 10.6. The smallest absolute Gasteiger partial charge is 0.323 e. The number of nitrogens with one attached hydrogen (secondary N) is 1. The van der Waals surface area contributed by atoms with Crippen LogP contribution in [0, 0.1) is 0 Å². The molecule has 1 atom stereocenters. The van der Waals surface area contributed by atoms with Crippen LogP contribution in [0.5, 0.6) is 0 Å². The molecular weight excluding hydrogens is 212 g/mol. The molecule has 5 nitrogen and oxygen atoms in total. The molecule has 0 radical (unpaired) electrons. The minimum atomic E-state index is -2.50. The zero-order valence-electron chi connectivity index (χ0n) is 8.41. The Labute approximate surface area is 86.4 Å². The highest BCUT2D eigenvalue weighted by Gasteiger charge is 2.15. The van der Waals surface area contributed by atoms with Crippen LogP contribution in [0.3, 0.4) is 0 Å². The van der Waals surface area contributed by atoms with Crippen LogP contribution in [-0.4, -0.2) is 57.0 Å². The van der Waals surface area contributed by atoms with Crippen LogP contribution in [-0.2, 0) is 14.3 Å². The van der Waals surface area contributed by atoms with Crippen LogP contribution in [0.4, 0.5) is 8.78 Å². The maximum atomic E-state index is 11.6. The number of carbonyl (C=O) groups is 1. The Hall–Kier alpha value is -0.790. The number of hydrogen-bond donors (Lipinski definition) is 2. The summed E-state index contributed by atoms with van der Waals surface area (Å²) in [7, 11) is 1.38. The first-order chi connectivity index (χ1) is 7.07. The summed E-state index contributed by atoms with van der Waals surface area (Å²) in [5.41, 5.74) is 0. The van der Waals surface area contributed by atoms with Gasteiger partial charge in [-0.05, 0) is 0 Å². The average molecular weight is 227 g/mol. The molecular formula is C8H15F2NO4. The third-order valence-corrected chi connectivity index (χ3v) is 1.51. The van der Waals surface area contributed by atoms with E-state index in [0.717, 1.165) is 0 Å². The first-order valence-electron chi connectivity index (χ1n) is 4.39. The highest BCUT2D eigenvalue weighted by molar-refractivity contribution is 5.73. The molecule has 0 fully saturated rings. The van der Waals surface area contributed by atoms with Crippen molar-refractivity contribution >= 4 is 5.97 Å². The second-order valence-corrected chi connectivity index (χ2v) is 2.77. The minimum absolute atomic E-state index is 0.0180. The Morgan fingerprint density at radius 3 is 2.60 bits per heavy atom. The van der Waals surface area contributed by atoms with E-state index in [1.807, 2.05) is 0 Å². The molecule has 0 saturated carbocycles. The van der Waals surface area contributed by atoms with Gasteiger partial charge in [0, 0.05) is 13.7 Å². The number of aliphatic carboxylic acids is 1. The number of rotatable bonds is 9. The second-order valence-electron chi connectivity index (χ2n) is 2.77. The Kier molecular flexibility index (Phi) is 8.06. The van der Waals surface area contributed by atoms with Crippen LogP contribution in [0.2, 0.25) is 0 Å². The summed E-state index contributed by atoms with van der Waals surface area (Å²) in [5.74, 6) is -1.05. The van der Waals surface area contributed by atoms with Gasteiger partial charge in [-0.2, -0.15) is 0 Å². The lowest BCUT2D eigenvalue weighted by molar-refractivity contribution is -0.140. The summed E-state index contributed by atoms with van der Waals surface area (Å²) >= 11 is 0. The van der Waals surface area contributed by atoms with Crippen molar-refractivity contribution in [2.45, 2.75) is 12.5 Å². The van der Waals surface area contributed by atoms with E-state index in [9.17, 15) is 13.6 Å². The predicted molar refractivity (Wildman–Crippen MR) is 48.1 cm³/mol. The molecule has 90 valence electrons. The monoisotopic (exact) mass is 227 g/mol. The Morgan fingerprint density at radius 2 is 2.13 bits per heavy atom. The summed E-state index contributed by atoms with van der Waals surface area (Å²) in [6.07, 6.45) is -2.50. The van der Waals surface area contributed by atoms with Gasteiger partial charge in [-0.1, -0.05) is 0 Å². The van der Waals surface area contributed by atoms with Crippen LogP contribution >= 0.6 is 0 Å². The summed E-state index contributed by atoms with van der Waals surface area (Å²) < 4.78 is 32.4. The molecule has 0 aromatic rings. The van der Waals surface area contributed by atoms with Crippen LogP contribution < -0.4 is 5.32 Å². The molecule has 15 heavy (non-hydrogen) atoms. The van der Waals surface area contributed by atoms with Gasteiger partial charge >= 0.3 is 5.97 Å². The number of hydrogen-bond acceptors (Lipinski definition) is 4. The van der Waals surface area contributed by atoms with E-state index in [2.05, 4.69) is 14.8 Å². The molecule has 0 rings (SSSR count). The molecule has 0 aliphatic heterocycles. The maximum Gasteiger partial charge on any atom is 0.323 e. The van der Waals surface area contributed by atoms with Gasteiger partial charge in [0.2, 0.25) is 0 Å². The summed E-state index contributed by atoms with van der Waals surface area (Å²) in [6.45, 7) is -0.390. The van der Waals surface area contributed by atoms with Gasteiger partial charge in [-0.15, -0.1) is 0 Å². The van der Waals surface area contributed by atoms with Crippen LogP contribution in [0.25, 0.3) is 0 Å². The Morgan fingerprint density at radius 1 is 1.47 bits per heavy atom. The van der Waals surface area contributed by atoms with Crippen molar-refractivity contribution in [1.82, 2.24) is 5.32 Å². The van der Waals surface area contributed by atoms with Gasteiger partial charge < -0.3 is 19.9 Å². The number of alkyl halides is 2. The predicted octanol–water partition coefficient (Wildman–Crippen LogP) is -0.0427. The van der Waals surface area contributed by atoms with Crippen molar-refractivity contribution in [3.05, 3.63) is 0 Å². The lowest BCUT2D eigenvalue weighted by atomic mass is 10.3. The van der Waals surface area contributed by atoms with E-state index in [1.54, 1.807) is 0 Å². The molecule has 0 heterocycles. The van der Waals surface area contributed by atoms with E-state index in [4.69, 9.17) is 5.11 Å². The summed E-state index contributed by atoms with van der Waals surface area (Å²) in [6, 6.07) is -0.842. The van der Waals surface area contributed by atoms with Gasteiger partial charge in [-0.3, -0.25) is 4.79 Å². The molecule has 7 heteroatoms. The molecule has 0 aliphatic carbocycles. The van der Waals surface area contributed by atoms with Crippen molar-refractivity contribution in [3.63, 3.8) is 0 Å². The van der Waals surface area contributed by atoms with Crippen molar-refractivity contribution in [2.75, 3.05) is 33.5 Å². The normalized spacial score (nSPS) is 13.1. The van der Waals surface area contributed by atoms with E-state index < -0.39 is 25.0 Å². The largest absolute Gasteiger partial charge is 0.480 e. The molecule has 0 aromatic heterocycles. The third-order valence-electron chi connectivity index (χ3n) is 1.51. The number of methoxy groups -OCH3 is 1. The third kappa shape index (κ3) is 8.22. The molecule has 2 N–H and O–H groups in total. The van der Waals surface area contributed by atoms with Gasteiger partial charge in [-0.25, -0.2) is 8.78 Å². The van der Waals surface area contributed by atoms with Crippen LogP contribution in [0.15, 0.2) is 0 Å². The summed E-state index contributed by atoms with van der Waals surface area (Å²) in [5, 5.41) is 11.2. The van der Waals surface area contributed by atoms with Gasteiger partial charge in [0.25, 0.3) is 6.43 Å². The second kappa shape index (κ2) is 8.51. The standard InChI is InChI=1S/C8H15F2NO4/c1-14-4-6(8(12)13)11-2-3-15-5-7(9)10/h6-7,11H,2-5H2,1H3,(H,12,13). The molecule has 0 aromatic carbocycles. The fraction of sp³-hybridized carbons (Fsp3) is 0.875. The molecule has 0 saturated heterocycles. The highest BCUT2D eigenvalue weighted by Crippen LogP contribution is 1.91. The molecule has 1 unspecified atom stereocenters. The van der Waals surface area contributed by atoms with Crippen molar-refractivity contribution in [3.8, 4) is 0 Å². The Bertz CT molecular complexity index is 180. The minimum Gasteiger partial charge on any atom is -0.480 e. The number of ether oxygens (including phenoxy) is 2. The lowest BCUT2D eigenvalue weighted by Crippen LogP contribution is -2.41. The molecule has 0 bridgehead atoms. The fourth-order valence-electron chi connectivity index (χ4n) is 0.862. The lowest BCUT2D eigenvalue weighted by Gasteiger charge is -2.13. The fourth-order valence-corrected chi connectivity index (χ4v) is 0.862. The number of carboxylic acids is 1. The molecule has 0 aliphatic rings. The number of halogens is 2. The van der Waals surface area contributed by atoms with E-state index in [-0.39, 0.29) is 19.8 Å². The zero-order valence-corrected chi connectivity index (χ0v) is 8.41. The van der Waals surface area contributed by atoms with Crippen molar-refractivity contribution < 1.29 is 28.2 Å². The average Bonchev–Trinajstić information content (AvgIpc) is 2.15. The van der Waals surface area contributed by atoms with E-state index in [1.165, 1.54) is 7.11 Å². The quantitative estimate of drug-likeness (QED) is 0.541. The van der Waals surface area contributed by atoms with E-state index in [0.29, 0.717) is 0 Å². The number of carboxylic acid groups (broad SMARTS) is 1. The van der Waals surface area contributed by atoms with Gasteiger partial charge in [0.05, 0.1) is 13.2 Å². The Balaban J connectivity index is 3.49. The van der Waals surface area contributed by atoms with Crippen molar-refractivity contribution in [1.29, 1.82) is 0 Å². The molecule has 0 spiro atoms.